The first-order chi connectivity index (χ1) is 6.24. The third-order valence-corrected chi connectivity index (χ3v) is 1.88. The summed E-state index contributed by atoms with van der Waals surface area (Å²) in [4.78, 5) is 14.8. The highest BCUT2D eigenvalue weighted by molar-refractivity contribution is 5.78. The number of aliphatic hydroxyl groups is 1. The molecule has 0 atom stereocenters. The van der Waals surface area contributed by atoms with Crippen LogP contribution in [-0.4, -0.2) is 60.6 Å². The van der Waals surface area contributed by atoms with Crippen LogP contribution in [0.15, 0.2) is 0 Å². The summed E-state index contributed by atoms with van der Waals surface area (Å²) < 4.78 is 0. The summed E-state index contributed by atoms with van der Waals surface area (Å²) in [6.45, 7) is 6.68. The van der Waals surface area contributed by atoms with Gasteiger partial charge in [0.05, 0.1) is 13.2 Å². The summed E-state index contributed by atoms with van der Waals surface area (Å²) in [6, 6.07) is 0. The Hall–Kier alpha value is -0.610. The molecule has 0 saturated carbocycles. The van der Waals surface area contributed by atoms with Gasteiger partial charge in [-0.15, -0.1) is 0 Å². The van der Waals surface area contributed by atoms with Crippen molar-refractivity contribution in [3.63, 3.8) is 0 Å². The van der Waals surface area contributed by atoms with Gasteiger partial charge in [0, 0.05) is 19.6 Å². The van der Waals surface area contributed by atoms with Crippen molar-refractivity contribution in [2.75, 3.05) is 39.8 Å². The largest absolute Gasteiger partial charge is 0.395 e. The van der Waals surface area contributed by atoms with Gasteiger partial charge in [0.2, 0.25) is 5.91 Å². The van der Waals surface area contributed by atoms with Crippen molar-refractivity contribution in [2.45, 2.75) is 13.8 Å². The Balaban J connectivity index is 0.000000671. The Kier molecular flexibility index (Phi) is 6.54. The van der Waals surface area contributed by atoms with Gasteiger partial charge in [-0.2, -0.15) is 0 Å². The van der Waals surface area contributed by atoms with Crippen LogP contribution in [0.2, 0.25) is 0 Å². The maximum atomic E-state index is 11.2. The maximum absolute atomic E-state index is 11.2. The fraction of sp³-hybridized carbons (Fsp3) is 0.889. The maximum Gasteiger partial charge on any atom is 0.236 e. The molecule has 1 N–H and O–H groups in total. The van der Waals surface area contributed by atoms with E-state index in [-0.39, 0.29) is 12.5 Å². The topological polar surface area (TPSA) is 43.8 Å². The molecule has 0 bridgehead atoms. The lowest BCUT2D eigenvalue weighted by Gasteiger charge is -2.31. The monoisotopic (exact) mass is 188 g/mol. The van der Waals surface area contributed by atoms with Gasteiger partial charge >= 0.3 is 0 Å². The zero-order valence-electron chi connectivity index (χ0n) is 8.79. The fourth-order valence-corrected chi connectivity index (χ4v) is 1.18. The van der Waals surface area contributed by atoms with Crippen molar-refractivity contribution in [3.05, 3.63) is 0 Å². The van der Waals surface area contributed by atoms with Gasteiger partial charge in [0.15, 0.2) is 0 Å². The van der Waals surface area contributed by atoms with Crippen LogP contribution in [0.4, 0.5) is 0 Å². The summed E-state index contributed by atoms with van der Waals surface area (Å²) in [6.07, 6.45) is 0. The fourth-order valence-electron chi connectivity index (χ4n) is 1.18. The third-order valence-electron chi connectivity index (χ3n) is 1.88. The van der Waals surface area contributed by atoms with Crippen LogP contribution in [0.5, 0.6) is 0 Å². The SMILES string of the molecule is CC.CN1CCN(CCO)C(=O)C1. The Morgan fingerprint density at radius 3 is 2.46 bits per heavy atom. The van der Waals surface area contributed by atoms with Crippen molar-refractivity contribution in [2.24, 2.45) is 0 Å². The van der Waals surface area contributed by atoms with Crippen LogP contribution in [0.25, 0.3) is 0 Å². The van der Waals surface area contributed by atoms with E-state index in [0.717, 1.165) is 13.1 Å². The number of hydrogen-bond acceptors (Lipinski definition) is 3. The Bertz CT molecular complexity index is 151. The lowest BCUT2D eigenvalue weighted by molar-refractivity contribution is -0.135. The Labute approximate surface area is 80.1 Å². The van der Waals surface area contributed by atoms with E-state index in [1.165, 1.54) is 0 Å². The second kappa shape index (κ2) is 6.86. The molecule has 4 nitrogen and oxygen atoms in total. The lowest BCUT2D eigenvalue weighted by Crippen LogP contribution is -2.49. The predicted molar refractivity (Wildman–Crippen MR) is 52.5 cm³/mol. The summed E-state index contributed by atoms with van der Waals surface area (Å²) in [5.41, 5.74) is 0. The van der Waals surface area contributed by atoms with Crippen molar-refractivity contribution in [1.29, 1.82) is 0 Å². The first-order valence-electron chi connectivity index (χ1n) is 4.81. The van der Waals surface area contributed by atoms with Crippen molar-refractivity contribution < 1.29 is 9.90 Å². The van der Waals surface area contributed by atoms with Gasteiger partial charge in [-0.3, -0.25) is 9.69 Å². The molecular formula is C9H20N2O2. The van der Waals surface area contributed by atoms with Crippen LogP contribution >= 0.6 is 0 Å². The first-order valence-corrected chi connectivity index (χ1v) is 4.81. The van der Waals surface area contributed by atoms with Gasteiger partial charge in [0.1, 0.15) is 0 Å². The predicted octanol–water partition coefficient (Wildman–Crippen LogP) is -0.221. The number of amides is 1. The standard InChI is InChI=1S/C7H14N2O2.C2H6/c1-8-2-3-9(4-5-10)7(11)6-8;1-2/h10H,2-6H2,1H3;1-2H3. The Morgan fingerprint density at radius 2 is 2.00 bits per heavy atom. The lowest BCUT2D eigenvalue weighted by atomic mass is 10.3. The third kappa shape index (κ3) is 4.24. The number of piperazine rings is 1. The molecule has 1 saturated heterocycles. The average Bonchev–Trinajstić information content (AvgIpc) is 2.14. The Morgan fingerprint density at radius 1 is 1.38 bits per heavy atom. The molecule has 1 aliphatic rings. The molecule has 4 heteroatoms. The number of β-amino-alcohol motifs (C(OH)–C–C–N with tert-alkyl or cyclic N) is 1. The number of carbonyl (C=O) groups is 1. The van der Waals surface area contributed by atoms with E-state index in [9.17, 15) is 4.79 Å². The number of carbonyl (C=O) groups excluding carboxylic acids is 1. The van der Waals surface area contributed by atoms with E-state index < -0.39 is 0 Å². The van der Waals surface area contributed by atoms with E-state index in [2.05, 4.69) is 0 Å². The van der Waals surface area contributed by atoms with Gasteiger partial charge in [0.25, 0.3) is 0 Å². The summed E-state index contributed by atoms with van der Waals surface area (Å²) in [5, 5.41) is 8.59. The summed E-state index contributed by atoms with van der Waals surface area (Å²) in [7, 11) is 1.92. The molecule has 1 aliphatic heterocycles. The molecule has 1 amide bonds. The molecule has 78 valence electrons. The van der Waals surface area contributed by atoms with Gasteiger partial charge < -0.3 is 10.0 Å². The summed E-state index contributed by atoms with van der Waals surface area (Å²) in [5.74, 6) is 0.118. The van der Waals surface area contributed by atoms with Gasteiger partial charge in [-0.25, -0.2) is 0 Å². The second-order valence-corrected chi connectivity index (χ2v) is 2.84. The molecule has 0 radical (unpaired) electrons. The molecule has 1 rings (SSSR count). The normalized spacial score (nSPS) is 18.2. The smallest absolute Gasteiger partial charge is 0.236 e. The van der Waals surface area contributed by atoms with Gasteiger partial charge in [-0.1, -0.05) is 13.8 Å². The van der Waals surface area contributed by atoms with Crippen LogP contribution in [-0.2, 0) is 4.79 Å². The highest BCUT2D eigenvalue weighted by Crippen LogP contribution is 1.99. The molecule has 0 aliphatic carbocycles. The second-order valence-electron chi connectivity index (χ2n) is 2.84. The van der Waals surface area contributed by atoms with E-state index >= 15 is 0 Å². The van der Waals surface area contributed by atoms with Crippen molar-refractivity contribution >= 4 is 5.91 Å². The minimum Gasteiger partial charge on any atom is -0.395 e. The minimum absolute atomic E-state index is 0.0649. The summed E-state index contributed by atoms with van der Waals surface area (Å²) >= 11 is 0. The average molecular weight is 188 g/mol. The molecule has 0 spiro atoms. The minimum atomic E-state index is 0.0649. The van der Waals surface area contributed by atoms with Crippen LogP contribution in [0, 0.1) is 0 Å². The quantitative estimate of drug-likeness (QED) is 0.651. The van der Waals surface area contributed by atoms with Crippen molar-refractivity contribution in [3.8, 4) is 0 Å². The van der Waals surface area contributed by atoms with E-state index in [1.807, 2.05) is 25.8 Å². The van der Waals surface area contributed by atoms with Crippen molar-refractivity contribution in [1.82, 2.24) is 9.80 Å². The first kappa shape index (κ1) is 12.4. The van der Waals surface area contributed by atoms with E-state index in [0.29, 0.717) is 13.1 Å². The highest BCUT2D eigenvalue weighted by atomic mass is 16.3. The molecule has 1 heterocycles. The van der Waals surface area contributed by atoms with E-state index in [4.69, 9.17) is 5.11 Å². The molecule has 0 aromatic carbocycles. The van der Waals surface area contributed by atoms with Gasteiger partial charge in [-0.05, 0) is 7.05 Å². The molecule has 13 heavy (non-hydrogen) atoms. The number of likely N-dealkylation sites (N-methyl/N-ethyl adjacent to an activating group) is 1. The number of hydrogen-bond donors (Lipinski definition) is 1. The highest BCUT2D eigenvalue weighted by Gasteiger charge is 2.20. The number of aliphatic hydroxyl groups excluding tert-OH is 1. The van der Waals surface area contributed by atoms with Crippen LogP contribution in [0.1, 0.15) is 13.8 Å². The molecule has 0 aromatic heterocycles. The zero-order chi connectivity index (χ0) is 10.3. The molecule has 0 aromatic rings. The number of rotatable bonds is 2. The zero-order valence-corrected chi connectivity index (χ0v) is 8.79. The molecule has 1 fully saturated rings. The molecular weight excluding hydrogens is 168 g/mol. The van der Waals surface area contributed by atoms with Crippen LogP contribution < -0.4 is 0 Å². The van der Waals surface area contributed by atoms with E-state index in [1.54, 1.807) is 4.90 Å². The van der Waals surface area contributed by atoms with Crippen LogP contribution in [0.3, 0.4) is 0 Å². The molecule has 0 unspecified atom stereocenters. The number of nitrogens with zero attached hydrogens (tertiary/aromatic N) is 2.